The molecule has 0 saturated carbocycles. The van der Waals surface area contributed by atoms with E-state index in [4.69, 9.17) is 11.6 Å². The maximum atomic E-state index is 11.6. The summed E-state index contributed by atoms with van der Waals surface area (Å²) in [7, 11) is -3.28. The van der Waals surface area contributed by atoms with Gasteiger partial charge in [-0.05, 0) is 40.0 Å². The molecule has 0 aliphatic carbocycles. The molecule has 6 heteroatoms. The fourth-order valence-corrected chi connectivity index (χ4v) is 3.16. The zero-order chi connectivity index (χ0) is 12.3. The second-order valence-electron chi connectivity index (χ2n) is 3.91. The first kappa shape index (κ1) is 13.8. The van der Waals surface area contributed by atoms with Crippen LogP contribution in [0.4, 0.5) is 5.69 Å². The molecule has 0 fully saturated rings. The number of sulfonamides is 1. The summed E-state index contributed by atoms with van der Waals surface area (Å²) in [5.41, 5.74) is 0.511. The van der Waals surface area contributed by atoms with Gasteiger partial charge in [0.25, 0.3) is 0 Å². The lowest BCUT2D eigenvalue weighted by molar-refractivity contribution is 0.587. The van der Waals surface area contributed by atoms with E-state index in [1.807, 2.05) is 13.8 Å². The molecule has 0 bridgehead atoms. The summed E-state index contributed by atoms with van der Waals surface area (Å²) in [5.74, 6) is 0.195. The van der Waals surface area contributed by atoms with Crippen LogP contribution in [0.2, 0.25) is 5.02 Å². The van der Waals surface area contributed by atoms with Crippen LogP contribution in [0.15, 0.2) is 22.7 Å². The van der Waals surface area contributed by atoms with E-state index in [2.05, 4.69) is 20.7 Å². The molecule has 0 aliphatic heterocycles. The predicted molar refractivity (Wildman–Crippen MR) is 71.4 cm³/mol. The highest BCUT2D eigenvalue weighted by atomic mass is 79.9. The first-order valence-electron chi connectivity index (χ1n) is 4.76. The molecule has 0 atom stereocenters. The number of benzene rings is 1. The highest BCUT2D eigenvalue weighted by Crippen LogP contribution is 2.26. The molecule has 16 heavy (non-hydrogen) atoms. The van der Waals surface area contributed by atoms with Crippen LogP contribution in [-0.2, 0) is 10.0 Å². The Morgan fingerprint density at radius 3 is 2.56 bits per heavy atom. The van der Waals surface area contributed by atoms with Crippen LogP contribution in [0.5, 0.6) is 0 Å². The van der Waals surface area contributed by atoms with Gasteiger partial charge in [-0.1, -0.05) is 25.4 Å². The molecule has 0 radical (unpaired) electrons. The number of hydrogen-bond acceptors (Lipinski definition) is 2. The predicted octanol–water partition coefficient (Wildman–Crippen LogP) is 3.50. The van der Waals surface area contributed by atoms with Crippen LogP contribution in [0, 0.1) is 5.92 Å². The van der Waals surface area contributed by atoms with E-state index in [0.717, 1.165) is 0 Å². The molecule has 0 saturated heterocycles. The van der Waals surface area contributed by atoms with Gasteiger partial charge in [-0.3, -0.25) is 4.72 Å². The van der Waals surface area contributed by atoms with Gasteiger partial charge in [0.05, 0.1) is 10.8 Å². The Hall–Kier alpha value is -0.260. The standard InChI is InChI=1S/C10H13BrClNO2S/c1-7(2)6-16(14,15)13-8-3-4-10(12)9(11)5-8/h3-5,7,13H,6H2,1-2H3. The summed E-state index contributed by atoms with van der Waals surface area (Å²) >= 11 is 9.05. The molecule has 0 aliphatic rings. The zero-order valence-corrected chi connectivity index (χ0v) is 12.2. The molecule has 0 amide bonds. The Kier molecular flexibility index (Phi) is 4.64. The van der Waals surface area contributed by atoms with Crippen molar-refractivity contribution in [2.24, 2.45) is 5.92 Å². The Bertz CT molecular complexity index is 474. The van der Waals surface area contributed by atoms with E-state index < -0.39 is 10.0 Å². The maximum Gasteiger partial charge on any atom is 0.232 e. The van der Waals surface area contributed by atoms with E-state index in [1.165, 1.54) is 0 Å². The number of hydrogen-bond donors (Lipinski definition) is 1. The lowest BCUT2D eigenvalue weighted by atomic mass is 10.3. The molecule has 3 nitrogen and oxygen atoms in total. The third-order valence-electron chi connectivity index (χ3n) is 1.75. The highest BCUT2D eigenvalue weighted by molar-refractivity contribution is 9.10. The van der Waals surface area contributed by atoms with E-state index in [1.54, 1.807) is 18.2 Å². The number of halogens is 2. The Balaban J connectivity index is 2.84. The van der Waals surface area contributed by atoms with Gasteiger partial charge in [0.1, 0.15) is 0 Å². The minimum Gasteiger partial charge on any atom is -0.284 e. The van der Waals surface area contributed by atoms with Crippen LogP contribution in [0.1, 0.15) is 13.8 Å². The van der Waals surface area contributed by atoms with Gasteiger partial charge in [0, 0.05) is 10.2 Å². The van der Waals surface area contributed by atoms with Crippen LogP contribution >= 0.6 is 27.5 Å². The molecule has 0 spiro atoms. The summed E-state index contributed by atoms with van der Waals surface area (Å²) in [4.78, 5) is 0. The maximum absolute atomic E-state index is 11.6. The first-order chi connectivity index (χ1) is 7.30. The fourth-order valence-electron chi connectivity index (χ4n) is 1.22. The molecule has 1 aromatic carbocycles. The summed E-state index contributed by atoms with van der Waals surface area (Å²) in [6.45, 7) is 3.72. The molecule has 1 aromatic rings. The Labute approximate surface area is 109 Å². The van der Waals surface area contributed by atoms with Gasteiger partial charge in [0.15, 0.2) is 0 Å². The lowest BCUT2D eigenvalue weighted by Gasteiger charge is -2.10. The molecule has 0 aromatic heterocycles. The van der Waals surface area contributed by atoms with Crippen molar-refractivity contribution in [1.82, 2.24) is 0 Å². The second-order valence-corrected chi connectivity index (χ2v) is 6.93. The number of rotatable bonds is 4. The normalized spacial score (nSPS) is 11.8. The molecular weight excluding hydrogens is 314 g/mol. The van der Waals surface area contributed by atoms with Crippen molar-refractivity contribution >= 4 is 43.2 Å². The molecule has 0 unspecified atom stereocenters. The van der Waals surface area contributed by atoms with Crippen LogP contribution in [0.25, 0.3) is 0 Å². The van der Waals surface area contributed by atoms with Crippen LogP contribution < -0.4 is 4.72 Å². The van der Waals surface area contributed by atoms with E-state index in [0.29, 0.717) is 15.2 Å². The van der Waals surface area contributed by atoms with E-state index in [-0.39, 0.29) is 11.7 Å². The molecule has 90 valence electrons. The molecule has 0 heterocycles. The summed E-state index contributed by atoms with van der Waals surface area (Å²) in [5, 5.41) is 0.548. The zero-order valence-electron chi connectivity index (χ0n) is 9.00. The third-order valence-corrected chi connectivity index (χ3v) is 4.61. The van der Waals surface area contributed by atoms with Crippen molar-refractivity contribution in [3.8, 4) is 0 Å². The molecule has 1 N–H and O–H groups in total. The van der Waals surface area contributed by atoms with E-state index >= 15 is 0 Å². The largest absolute Gasteiger partial charge is 0.284 e. The third kappa shape index (κ3) is 4.31. The SMILES string of the molecule is CC(C)CS(=O)(=O)Nc1ccc(Cl)c(Br)c1. The first-order valence-corrected chi connectivity index (χ1v) is 7.58. The van der Waals surface area contributed by atoms with Crippen molar-refractivity contribution in [2.45, 2.75) is 13.8 Å². The molecular formula is C10H13BrClNO2S. The van der Waals surface area contributed by atoms with Crippen LogP contribution in [-0.4, -0.2) is 14.2 Å². The average molecular weight is 327 g/mol. The second kappa shape index (κ2) is 5.38. The minimum atomic E-state index is -3.28. The van der Waals surface area contributed by atoms with Crippen LogP contribution in [0.3, 0.4) is 0 Å². The van der Waals surface area contributed by atoms with Gasteiger partial charge in [0.2, 0.25) is 10.0 Å². The van der Waals surface area contributed by atoms with Gasteiger partial charge in [-0.2, -0.15) is 0 Å². The Morgan fingerprint density at radius 2 is 2.06 bits per heavy atom. The highest BCUT2D eigenvalue weighted by Gasteiger charge is 2.13. The van der Waals surface area contributed by atoms with Crippen molar-refractivity contribution in [2.75, 3.05) is 10.5 Å². The number of anilines is 1. The minimum absolute atomic E-state index is 0.0910. The van der Waals surface area contributed by atoms with Crippen molar-refractivity contribution in [1.29, 1.82) is 0 Å². The van der Waals surface area contributed by atoms with Crippen molar-refractivity contribution < 1.29 is 8.42 Å². The quantitative estimate of drug-likeness (QED) is 0.920. The van der Waals surface area contributed by atoms with Crippen molar-refractivity contribution in [3.63, 3.8) is 0 Å². The summed E-state index contributed by atoms with van der Waals surface area (Å²) in [6.07, 6.45) is 0. The fraction of sp³-hybridized carbons (Fsp3) is 0.400. The topological polar surface area (TPSA) is 46.2 Å². The number of nitrogens with one attached hydrogen (secondary N) is 1. The van der Waals surface area contributed by atoms with Gasteiger partial charge in [-0.25, -0.2) is 8.42 Å². The van der Waals surface area contributed by atoms with E-state index in [9.17, 15) is 8.42 Å². The van der Waals surface area contributed by atoms with Gasteiger partial charge < -0.3 is 0 Å². The summed E-state index contributed by atoms with van der Waals surface area (Å²) in [6, 6.07) is 4.91. The van der Waals surface area contributed by atoms with Gasteiger partial charge >= 0.3 is 0 Å². The monoisotopic (exact) mass is 325 g/mol. The lowest BCUT2D eigenvalue weighted by Crippen LogP contribution is -2.19. The average Bonchev–Trinajstić information content (AvgIpc) is 2.08. The smallest absolute Gasteiger partial charge is 0.232 e. The van der Waals surface area contributed by atoms with Crippen molar-refractivity contribution in [3.05, 3.63) is 27.7 Å². The van der Waals surface area contributed by atoms with Gasteiger partial charge in [-0.15, -0.1) is 0 Å². The summed E-state index contributed by atoms with van der Waals surface area (Å²) < 4.78 is 26.5. The Morgan fingerprint density at radius 1 is 1.44 bits per heavy atom. The molecule has 1 rings (SSSR count).